The summed E-state index contributed by atoms with van der Waals surface area (Å²) >= 11 is 0. The highest BCUT2D eigenvalue weighted by Gasteiger charge is 2.03. The monoisotopic (exact) mass is 156 g/mol. The Kier molecular flexibility index (Phi) is 3.33. The van der Waals surface area contributed by atoms with Crippen LogP contribution in [0.25, 0.3) is 0 Å². The van der Waals surface area contributed by atoms with Crippen molar-refractivity contribution in [3.8, 4) is 0 Å². The van der Waals surface area contributed by atoms with Crippen molar-refractivity contribution in [1.29, 1.82) is 0 Å². The van der Waals surface area contributed by atoms with Crippen molar-refractivity contribution in [1.82, 2.24) is 5.23 Å². The van der Waals surface area contributed by atoms with E-state index in [-0.39, 0.29) is 16.5 Å². The topological polar surface area (TPSA) is 52.6 Å². The van der Waals surface area contributed by atoms with E-state index in [9.17, 15) is 10.0 Å². The van der Waals surface area contributed by atoms with E-state index in [1.54, 1.807) is 0 Å². The average molecular weight is 156 g/mol. The van der Waals surface area contributed by atoms with Crippen LogP contribution in [-0.2, 0) is 9.63 Å². The molecule has 0 aromatic rings. The molecule has 0 aromatic heterocycles. The molecule has 4 heteroatoms. The average Bonchev–Trinajstić information content (AvgIpc) is 1.87. The van der Waals surface area contributed by atoms with E-state index >= 15 is 0 Å². The van der Waals surface area contributed by atoms with Gasteiger partial charge >= 0.3 is 5.97 Å². The Labute approximate surface area is 65.3 Å². The fourth-order valence-electron chi connectivity index (χ4n) is 0.231. The van der Waals surface area contributed by atoms with Crippen molar-refractivity contribution >= 4 is 5.97 Å². The first kappa shape index (κ1) is 9.71. The summed E-state index contributed by atoms with van der Waals surface area (Å²) in [5.74, 6) is -0.747. The molecule has 0 N–H and O–H groups in total. The lowest BCUT2D eigenvalue weighted by atomic mass is 10.4. The minimum absolute atomic E-state index is 0.0526. The van der Waals surface area contributed by atoms with Gasteiger partial charge in [0, 0.05) is 11.3 Å². The number of carbonyl (C=O) groups excluding carboxylic acids is 1. The summed E-state index contributed by atoms with van der Waals surface area (Å²) in [5, 5.41) is 10.6. The molecule has 0 unspecified atom stereocenters. The molecule has 0 fully saturated rings. The summed E-state index contributed by atoms with van der Waals surface area (Å²) in [6, 6.07) is 0. The molecular formula is C7H10NO3-. The lowest BCUT2D eigenvalue weighted by Crippen LogP contribution is -2.19. The first-order chi connectivity index (χ1) is 4.95. The Bertz CT molecular complexity index is 198. The van der Waals surface area contributed by atoms with E-state index < -0.39 is 5.97 Å². The second-order valence-electron chi connectivity index (χ2n) is 2.15. The van der Waals surface area contributed by atoms with Crippen molar-refractivity contribution in [2.75, 3.05) is 0 Å². The molecule has 62 valence electrons. The summed E-state index contributed by atoms with van der Waals surface area (Å²) in [6.45, 7) is 9.45. The number of hydrogen-bond donors (Lipinski definition) is 0. The molecule has 0 aliphatic carbocycles. The highest BCUT2D eigenvalue weighted by Crippen LogP contribution is 2.01. The number of allylic oxidation sites excluding steroid dienone is 1. The maximum Gasteiger partial charge on any atom is 0.357 e. The summed E-state index contributed by atoms with van der Waals surface area (Å²) in [6.07, 6.45) is 0. The third-order valence-electron chi connectivity index (χ3n) is 0.826. The molecular weight excluding hydrogens is 146 g/mol. The fourth-order valence-corrected chi connectivity index (χ4v) is 0.231. The Morgan fingerprint density at radius 1 is 1.45 bits per heavy atom. The van der Waals surface area contributed by atoms with Gasteiger partial charge in [-0.2, -0.15) is 0 Å². The molecule has 0 radical (unpaired) electrons. The Hall–Kier alpha value is -1.29. The molecule has 0 amide bonds. The molecule has 0 saturated heterocycles. The standard InChI is InChI=1S/C7H10NO3/c1-5(2)7(9)11-8(10)6(3)4/h1,3H2,2,4H3/q-1. The Morgan fingerprint density at radius 3 is 2.18 bits per heavy atom. The van der Waals surface area contributed by atoms with Gasteiger partial charge in [0.1, 0.15) is 0 Å². The fraction of sp³-hybridized carbons (Fsp3) is 0.286. The van der Waals surface area contributed by atoms with Gasteiger partial charge in [-0.1, -0.05) is 13.2 Å². The van der Waals surface area contributed by atoms with Gasteiger partial charge < -0.3 is 10.0 Å². The van der Waals surface area contributed by atoms with Gasteiger partial charge in [0.15, 0.2) is 0 Å². The highest BCUT2D eigenvalue weighted by atomic mass is 16.9. The molecule has 4 nitrogen and oxygen atoms in total. The predicted molar refractivity (Wildman–Crippen MR) is 40.9 cm³/mol. The van der Waals surface area contributed by atoms with Crippen molar-refractivity contribution in [3.05, 3.63) is 29.6 Å². The van der Waals surface area contributed by atoms with E-state index in [2.05, 4.69) is 18.0 Å². The zero-order chi connectivity index (χ0) is 9.02. The van der Waals surface area contributed by atoms with Gasteiger partial charge in [-0.05, 0) is 13.8 Å². The van der Waals surface area contributed by atoms with Gasteiger partial charge in [-0.25, -0.2) is 4.79 Å². The largest absolute Gasteiger partial charge is 0.724 e. The summed E-state index contributed by atoms with van der Waals surface area (Å²) in [7, 11) is 0. The maximum absolute atomic E-state index is 10.7. The third-order valence-corrected chi connectivity index (χ3v) is 0.826. The molecule has 0 saturated carbocycles. The van der Waals surface area contributed by atoms with E-state index in [0.717, 1.165) is 0 Å². The lowest BCUT2D eigenvalue weighted by molar-refractivity contribution is -0.166. The summed E-state index contributed by atoms with van der Waals surface area (Å²) in [4.78, 5) is 14.9. The minimum Gasteiger partial charge on any atom is -0.724 e. The van der Waals surface area contributed by atoms with Crippen LogP contribution < -0.4 is 0 Å². The second kappa shape index (κ2) is 3.78. The number of hydrogen-bond acceptors (Lipinski definition) is 4. The van der Waals surface area contributed by atoms with Gasteiger partial charge in [0.25, 0.3) is 0 Å². The summed E-state index contributed by atoms with van der Waals surface area (Å²) in [5.41, 5.74) is 0.284. The predicted octanol–water partition coefficient (Wildman–Crippen LogP) is 1.35. The van der Waals surface area contributed by atoms with E-state index in [0.29, 0.717) is 0 Å². The van der Waals surface area contributed by atoms with Crippen molar-refractivity contribution in [2.24, 2.45) is 0 Å². The number of hydroxylamine groups is 2. The van der Waals surface area contributed by atoms with Crippen LogP contribution in [0, 0.1) is 5.21 Å². The summed E-state index contributed by atoms with van der Waals surface area (Å²) < 4.78 is 0. The number of nitrogens with zero attached hydrogens (tertiary/aromatic N) is 1. The third kappa shape index (κ3) is 3.42. The van der Waals surface area contributed by atoms with E-state index in [1.165, 1.54) is 13.8 Å². The quantitative estimate of drug-likeness (QED) is 0.457. The van der Waals surface area contributed by atoms with E-state index in [1.807, 2.05) is 0 Å². The van der Waals surface area contributed by atoms with Crippen LogP contribution in [-0.4, -0.2) is 11.2 Å². The molecule has 0 spiro atoms. The molecule has 0 aliphatic heterocycles. The van der Waals surface area contributed by atoms with Crippen LogP contribution in [0.3, 0.4) is 0 Å². The Balaban J connectivity index is 3.95. The van der Waals surface area contributed by atoms with Gasteiger partial charge in [-0.15, -0.1) is 0 Å². The van der Waals surface area contributed by atoms with Crippen LogP contribution in [0.15, 0.2) is 24.4 Å². The molecule has 0 rings (SSSR count). The molecule has 0 aromatic carbocycles. The van der Waals surface area contributed by atoms with Gasteiger partial charge in [0.05, 0.1) is 0 Å². The number of carbonyl (C=O) groups is 1. The van der Waals surface area contributed by atoms with Crippen LogP contribution >= 0.6 is 0 Å². The van der Waals surface area contributed by atoms with Crippen LogP contribution in [0.1, 0.15) is 13.8 Å². The van der Waals surface area contributed by atoms with Crippen molar-refractivity contribution in [3.63, 3.8) is 0 Å². The van der Waals surface area contributed by atoms with E-state index in [4.69, 9.17) is 0 Å². The molecule has 11 heavy (non-hydrogen) atoms. The highest BCUT2D eigenvalue weighted by molar-refractivity contribution is 5.86. The normalized spacial score (nSPS) is 8.64. The van der Waals surface area contributed by atoms with Gasteiger partial charge in [-0.3, -0.25) is 5.23 Å². The molecule has 0 atom stereocenters. The SMILES string of the molecule is C=C(C)C(=O)ON([O-])C(=C)C. The van der Waals surface area contributed by atoms with Crippen molar-refractivity contribution < 1.29 is 9.63 Å². The molecule has 0 heterocycles. The lowest BCUT2D eigenvalue weighted by Gasteiger charge is -2.27. The smallest absolute Gasteiger partial charge is 0.357 e. The van der Waals surface area contributed by atoms with Gasteiger partial charge in [0.2, 0.25) is 0 Å². The van der Waals surface area contributed by atoms with Crippen LogP contribution in [0.4, 0.5) is 0 Å². The van der Waals surface area contributed by atoms with Crippen LogP contribution in [0.5, 0.6) is 0 Å². The first-order valence-electron chi connectivity index (χ1n) is 2.95. The second-order valence-corrected chi connectivity index (χ2v) is 2.15. The Morgan fingerprint density at radius 2 is 1.91 bits per heavy atom. The van der Waals surface area contributed by atoms with Crippen LogP contribution in [0.2, 0.25) is 0 Å². The zero-order valence-electron chi connectivity index (χ0n) is 6.59. The maximum atomic E-state index is 10.7. The number of rotatable bonds is 3. The minimum atomic E-state index is -0.747. The molecule has 0 bridgehead atoms. The molecule has 0 aliphatic rings. The van der Waals surface area contributed by atoms with Crippen molar-refractivity contribution in [2.45, 2.75) is 13.8 Å². The first-order valence-corrected chi connectivity index (χ1v) is 2.95. The zero-order valence-corrected chi connectivity index (χ0v) is 6.59.